The Kier molecular flexibility index (Phi) is 38.5. The largest absolute Gasteiger partial charge is 2.00 e. The van der Waals surface area contributed by atoms with E-state index in [1.165, 1.54) is 216 Å². The third-order valence-electron chi connectivity index (χ3n) is 15.1. The predicted molar refractivity (Wildman–Crippen MR) is 313 cm³/mol. The van der Waals surface area contributed by atoms with Gasteiger partial charge in [-0.05, 0) is 107 Å². The molecular formula is C64H102CaO6S2. The Hall–Kier alpha value is -1.52. The van der Waals surface area contributed by atoms with Gasteiger partial charge in [-0.2, -0.15) is 0 Å². The van der Waals surface area contributed by atoms with Crippen LogP contribution in [0.1, 0.15) is 281 Å². The number of unbranched alkanes of at least 4 members (excludes halogenated alkanes) is 32. The van der Waals surface area contributed by atoms with Crippen LogP contribution >= 0.6 is 0 Å². The van der Waals surface area contributed by atoms with E-state index in [0.717, 1.165) is 84.0 Å². The normalized spacial score (nSPS) is 11.8. The number of hydrogen-bond acceptors (Lipinski definition) is 6. The summed E-state index contributed by atoms with van der Waals surface area (Å²) in [5.41, 5.74) is 3.92. The number of fused-ring (bicyclic) bond motifs is 2. The second-order valence-electron chi connectivity index (χ2n) is 21.3. The van der Waals surface area contributed by atoms with E-state index in [1.807, 2.05) is 12.1 Å². The molecular weight excluding hydrogens is 969 g/mol. The molecule has 0 atom stereocenters. The molecule has 0 saturated carbocycles. The van der Waals surface area contributed by atoms with E-state index in [9.17, 15) is 25.9 Å². The van der Waals surface area contributed by atoms with Crippen LogP contribution in [0.5, 0.6) is 0 Å². The van der Waals surface area contributed by atoms with Crippen LogP contribution in [0.25, 0.3) is 21.5 Å². The van der Waals surface area contributed by atoms with Crippen LogP contribution in [0.4, 0.5) is 0 Å². The Morgan fingerprint density at radius 2 is 0.534 bits per heavy atom. The molecule has 408 valence electrons. The average Bonchev–Trinajstić information content (AvgIpc) is 3.36. The van der Waals surface area contributed by atoms with E-state index in [-0.39, 0.29) is 47.5 Å². The van der Waals surface area contributed by atoms with Gasteiger partial charge in [0.25, 0.3) is 0 Å². The van der Waals surface area contributed by atoms with Crippen LogP contribution in [0, 0.1) is 0 Å². The molecule has 0 bridgehead atoms. The van der Waals surface area contributed by atoms with Gasteiger partial charge in [-0.3, -0.25) is 0 Å². The SMILES string of the molecule is CCCCCCCCCCCc1cccc2ccc(S(=O)(=O)[O-])c(CCCCCCCCCCC)c12.CCCCCCCCCCCc1cccc2ccc(S(=O)(=O)[O-])c(CCCCCCCCCCC)c12.[Ca+2]. The zero-order valence-electron chi connectivity index (χ0n) is 47.0. The Balaban J connectivity index is 0.000000493. The molecule has 4 aromatic rings. The van der Waals surface area contributed by atoms with Gasteiger partial charge in [0.1, 0.15) is 20.2 Å². The van der Waals surface area contributed by atoms with Crippen LogP contribution in [-0.4, -0.2) is 63.7 Å². The Morgan fingerprint density at radius 1 is 0.301 bits per heavy atom. The molecule has 0 saturated heterocycles. The van der Waals surface area contributed by atoms with Gasteiger partial charge >= 0.3 is 37.7 Å². The maximum Gasteiger partial charge on any atom is 2.00 e. The van der Waals surface area contributed by atoms with E-state index >= 15 is 0 Å². The molecule has 9 heteroatoms. The number of aryl methyl sites for hydroxylation is 4. The maximum atomic E-state index is 12.1. The van der Waals surface area contributed by atoms with E-state index in [4.69, 9.17) is 0 Å². The first-order valence-electron chi connectivity index (χ1n) is 30.0. The molecule has 0 fully saturated rings. The van der Waals surface area contributed by atoms with Crippen molar-refractivity contribution in [2.45, 2.75) is 294 Å². The molecule has 0 N–H and O–H groups in total. The molecule has 4 aromatic carbocycles. The fraction of sp³-hybridized carbons (Fsp3) is 0.688. The van der Waals surface area contributed by atoms with Gasteiger partial charge in [-0.1, -0.05) is 282 Å². The molecule has 73 heavy (non-hydrogen) atoms. The van der Waals surface area contributed by atoms with E-state index < -0.39 is 20.2 Å². The van der Waals surface area contributed by atoms with E-state index in [2.05, 4.69) is 64.1 Å². The van der Waals surface area contributed by atoms with E-state index in [0.29, 0.717) is 12.8 Å². The van der Waals surface area contributed by atoms with Crippen molar-refractivity contribution in [3.05, 3.63) is 82.9 Å². The van der Waals surface area contributed by atoms with Gasteiger partial charge < -0.3 is 9.11 Å². The van der Waals surface area contributed by atoms with Crippen LogP contribution in [0.2, 0.25) is 0 Å². The van der Waals surface area contributed by atoms with Crippen LogP contribution in [0.3, 0.4) is 0 Å². The number of hydrogen-bond donors (Lipinski definition) is 0. The van der Waals surface area contributed by atoms with Gasteiger partial charge in [0.2, 0.25) is 0 Å². The molecule has 0 aliphatic heterocycles. The standard InChI is InChI=1S/2C32H52O3S.Ca/c2*1-3-5-7-9-11-13-15-17-19-22-28-23-21-24-29-26-27-31(36(33,34)35)30(32(28)29)25-20-18-16-14-12-10-8-6-4-2;/h2*21,23-24,26-27H,3-20,22,25H2,1-2H3,(H,33,34,35);/q;;+2/p-2. The molecule has 0 spiro atoms. The second-order valence-corrected chi connectivity index (χ2v) is 24.0. The summed E-state index contributed by atoms with van der Waals surface area (Å²) < 4.78 is 72.8. The smallest absolute Gasteiger partial charge is 0.744 e. The van der Waals surface area contributed by atoms with Crippen molar-refractivity contribution in [1.29, 1.82) is 0 Å². The first-order chi connectivity index (χ1) is 35.0. The van der Waals surface area contributed by atoms with Gasteiger partial charge in [0.15, 0.2) is 0 Å². The summed E-state index contributed by atoms with van der Waals surface area (Å²) >= 11 is 0. The van der Waals surface area contributed by atoms with Crippen molar-refractivity contribution >= 4 is 79.5 Å². The molecule has 0 aliphatic carbocycles. The minimum atomic E-state index is -4.49. The fourth-order valence-corrected chi connectivity index (χ4v) is 12.4. The minimum Gasteiger partial charge on any atom is -0.744 e. The van der Waals surface area contributed by atoms with Crippen LogP contribution in [-0.2, 0) is 45.9 Å². The van der Waals surface area contributed by atoms with Crippen molar-refractivity contribution in [3.8, 4) is 0 Å². The second kappa shape index (κ2) is 41.6. The van der Waals surface area contributed by atoms with Gasteiger partial charge in [-0.15, -0.1) is 0 Å². The Bertz CT molecular complexity index is 2100. The number of benzene rings is 4. The summed E-state index contributed by atoms with van der Waals surface area (Å²) in [5, 5.41) is 4.16. The van der Waals surface area contributed by atoms with Gasteiger partial charge in [-0.25, -0.2) is 16.8 Å². The predicted octanol–water partition coefficient (Wildman–Crippen LogP) is 19.4. The first-order valence-corrected chi connectivity index (χ1v) is 32.8. The summed E-state index contributed by atoms with van der Waals surface area (Å²) in [4.78, 5) is -0.0109. The Morgan fingerprint density at radius 3 is 0.781 bits per heavy atom. The monoisotopic (exact) mass is 1070 g/mol. The van der Waals surface area contributed by atoms with Gasteiger partial charge in [0, 0.05) is 0 Å². The molecule has 6 nitrogen and oxygen atoms in total. The molecule has 0 amide bonds. The quantitative estimate of drug-likeness (QED) is 0.0248. The summed E-state index contributed by atoms with van der Waals surface area (Å²) in [7, 11) is -8.99. The summed E-state index contributed by atoms with van der Waals surface area (Å²) in [6, 6.07) is 19.2. The summed E-state index contributed by atoms with van der Waals surface area (Å²) in [6.07, 6.45) is 48.4. The molecule has 0 aromatic heterocycles. The van der Waals surface area contributed by atoms with Gasteiger partial charge in [0.05, 0.1) is 9.79 Å². The van der Waals surface area contributed by atoms with Crippen LogP contribution < -0.4 is 0 Å². The molecule has 0 heterocycles. The summed E-state index contributed by atoms with van der Waals surface area (Å²) in [6.45, 7) is 8.99. The minimum absolute atomic E-state index is 0. The molecule has 0 aliphatic rings. The van der Waals surface area contributed by atoms with Crippen molar-refractivity contribution in [1.82, 2.24) is 0 Å². The fourth-order valence-electron chi connectivity index (χ4n) is 10.9. The number of rotatable bonds is 42. The van der Waals surface area contributed by atoms with Crippen LogP contribution in [0.15, 0.2) is 70.5 Å². The zero-order chi connectivity index (χ0) is 52.1. The molecule has 0 radical (unpaired) electrons. The Labute approximate surface area is 478 Å². The summed E-state index contributed by atoms with van der Waals surface area (Å²) in [5.74, 6) is 0. The van der Waals surface area contributed by atoms with E-state index in [1.54, 1.807) is 0 Å². The van der Waals surface area contributed by atoms with Crippen molar-refractivity contribution < 1.29 is 25.9 Å². The van der Waals surface area contributed by atoms with Crippen molar-refractivity contribution in [2.75, 3.05) is 0 Å². The third-order valence-corrected chi connectivity index (χ3v) is 16.9. The van der Waals surface area contributed by atoms with Crippen molar-refractivity contribution in [2.24, 2.45) is 0 Å². The molecule has 0 unspecified atom stereocenters. The van der Waals surface area contributed by atoms with Crippen molar-refractivity contribution in [3.63, 3.8) is 0 Å². The topological polar surface area (TPSA) is 114 Å². The third kappa shape index (κ3) is 28.1. The molecule has 4 rings (SSSR count). The maximum absolute atomic E-state index is 12.1. The zero-order valence-corrected chi connectivity index (χ0v) is 50.9. The average molecular weight is 1070 g/mol. The first kappa shape index (κ1) is 67.6.